The molecule has 1 saturated carbocycles. The third kappa shape index (κ3) is 4.52. The van der Waals surface area contributed by atoms with Crippen LogP contribution in [0.3, 0.4) is 0 Å². The van der Waals surface area contributed by atoms with Crippen LogP contribution in [0.2, 0.25) is 0 Å². The zero-order valence-corrected chi connectivity index (χ0v) is 21.6. The second-order valence-electron chi connectivity index (χ2n) is 10.6. The van der Waals surface area contributed by atoms with Crippen molar-refractivity contribution in [1.82, 2.24) is 9.97 Å². The van der Waals surface area contributed by atoms with E-state index in [9.17, 15) is 4.79 Å². The van der Waals surface area contributed by atoms with E-state index in [-0.39, 0.29) is 0 Å². The molecule has 2 aromatic heterocycles. The summed E-state index contributed by atoms with van der Waals surface area (Å²) in [5, 5.41) is 0.930. The van der Waals surface area contributed by atoms with Gasteiger partial charge in [-0.15, -0.1) is 0 Å². The maximum absolute atomic E-state index is 12.2. The molecule has 5 aromatic rings. The van der Waals surface area contributed by atoms with Gasteiger partial charge in [0.1, 0.15) is 17.1 Å². The molecule has 1 amide bonds. The molecule has 7 rings (SSSR count). The van der Waals surface area contributed by atoms with Crippen molar-refractivity contribution in [2.24, 2.45) is 5.73 Å². The van der Waals surface area contributed by atoms with E-state index in [4.69, 9.17) is 10.5 Å². The van der Waals surface area contributed by atoms with Gasteiger partial charge in [-0.25, -0.2) is 4.98 Å². The standard InChI is InChI=1S/C33H30N4O2/c34-32(38)29-14-11-23(19-31(29)39-26-18-24-15-16-35-33(24)36-20-26)21-9-12-25(13-10-21)37-17-3-6-30(37)28-5-2-1-4-27(28)22-7-8-22/h1-2,4-5,9-16,18-20,22,30H,3,6-8,17H2,(H2,34,38)(H,35,36)/t30-/m1/s1. The van der Waals surface area contributed by atoms with Gasteiger partial charge in [0.25, 0.3) is 5.91 Å². The number of rotatable bonds is 7. The first kappa shape index (κ1) is 23.5. The van der Waals surface area contributed by atoms with E-state index >= 15 is 0 Å². The number of ether oxygens (including phenoxy) is 1. The van der Waals surface area contributed by atoms with Crippen molar-refractivity contribution in [1.29, 1.82) is 0 Å². The van der Waals surface area contributed by atoms with Gasteiger partial charge in [0.15, 0.2) is 0 Å². The Balaban J connectivity index is 1.17. The Bertz CT molecular complexity index is 1670. The molecule has 6 heteroatoms. The highest BCUT2D eigenvalue weighted by molar-refractivity contribution is 5.96. The van der Waals surface area contributed by atoms with E-state index in [1.165, 1.54) is 36.9 Å². The largest absolute Gasteiger partial charge is 0.455 e. The van der Waals surface area contributed by atoms with Crippen LogP contribution in [-0.2, 0) is 0 Å². The molecule has 1 aliphatic carbocycles. The summed E-state index contributed by atoms with van der Waals surface area (Å²) < 4.78 is 6.13. The first-order valence-electron chi connectivity index (χ1n) is 13.6. The number of carbonyl (C=O) groups is 1. The molecule has 6 nitrogen and oxygen atoms in total. The minimum absolute atomic E-state index is 0.332. The summed E-state index contributed by atoms with van der Waals surface area (Å²) in [5.74, 6) is 1.17. The maximum atomic E-state index is 12.2. The Morgan fingerprint density at radius 1 is 0.923 bits per heavy atom. The van der Waals surface area contributed by atoms with Crippen molar-refractivity contribution < 1.29 is 9.53 Å². The lowest BCUT2D eigenvalue weighted by Gasteiger charge is -2.29. The number of nitrogens with two attached hydrogens (primary N) is 1. The Hall–Kier alpha value is -4.58. The lowest BCUT2D eigenvalue weighted by Crippen LogP contribution is -2.23. The number of amides is 1. The van der Waals surface area contributed by atoms with Gasteiger partial charge in [-0.1, -0.05) is 42.5 Å². The van der Waals surface area contributed by atoms with Crippen LogP contribution in [0.5, 0.6) is 11.5 Å². The van der Waals surface area contributed by atoms with Crippen LogP contribution in [0.25, 0.3) is 22.2 Å². The fraction of sp³-hybridized carbons (Fsp3) is 0.212. The highest BCUT2D eigenvalue weighted by Crippen LogP contribution is 2.46. The van der Waals surface area contributed by atoms with Crippen LogP contribution in [0, 0.1) is 0 Å². The van der Waals surface area contributed by atoms with Crippen LogP contribution >= 0.6 is 0 Å². The number of H-pyrrole nitrogens is 1. The lowest BCUT2D eigenvalue weighted by atomic mass is 9.95. The van der Waals surface area contributed by atoms with Crippen LogP contribution in [0.15, 0.2) is 91.3 Å². The summed E-state index contributed by atoms with van der Waals surface area (Å²) in [6, 6.07) is 27.5. The van der Waals surface area contributed by atoms with E-state index in [1.807, 2.05) is 30.5 Å². The van der Waals surface area contributed by atoms with Gasteiger partial charge in [-0.05, 0) is 90.3 Å². The molecule has 1 aliphatic heterocycles. The van der Waals surface area contributed by atoms with Crippen LogP contribution in [-0.4, -0.2) is 22.4 Å². The molecule has 2 fully saturated rings. The van der Waals surface area contributed by atoms with Crippen LogP contribution < -0.4 is 15.4 Å². The molecule has 2 aliphatic rings. The maximum Gasteiger partial charge on any atom is 0.252 e. The summed E-state index contributed by atoms with van der Waals surface area (Å²) in [4.78, 5) is 22.2. The SMILES string of the molecule is NC(=O)c1ccc(-c2ccc(N3CCC[C@@H]3c3ccccc3C3CC3)cc2)cc1Oc1cnc2[nH]ccc2c1. The molecule has 3 N–H and O–H groups in total. The molecule has 1 saturated heterocycles. The molecule has 194 valence electrons. The van der Waals surface area contributed by atoms with Crippen molar-refractivity contribution in [2.45, 2.75) is 37.6 Å². The summed E-state index contributed by atoms with van der Waals surface area (Å²) in [7, 11) is 0. The third-order valence-electron chi connectivity index (χ3n) is 8.01. The van der Waals surface area contributed by atoms with Gasteiger partial charge < -0.3 is 20.4 Å². The van der Waals surface area contributed by atoms with Crippen LogP contribution in [0.1, 0.15) is 59.1 Å². The third-order valence-corrected chi connectivity index (χ3v) is 8.01. The van der Waals surface area contributed by atoms with E-state index in [2.05, 4.69) is 63.4 Å². The smallest absolute Gasteiger partial charge is 0.252 e. The van der Waals surface area contributed by atoms with Crippen LogP contribution in [0.4, 0.5) is 5.69 Å². The zero-order chi connectivity index (χ0) is 26.3. The van der Waals surface area contributed by atoms with Crippen molar-refractivity contribution in [3.8, 4) is 22.6 Å². The highest BCUT2D eigenvalue weighted by atomic mass is 16.5. The number of anilines is 1. The summed E-state index contributed by atoms with van der Waals surface area (Å²) >= 11 is 0. The predicted molar refractivity (Wildman–Crippen MR) is 154 cm³/mol. The number of fused-ring (bicyclic) bond motifs is 1. The number of nitrogens with zero attached hydrogens (tertiary/aromatic N) is 2. The molecule has 0 bridgehead atoms. The average Bonchev–Trinajstić information content (AvgIpc) is 3.50. The zero-order valence-electron chi connectivity index (χ0n) is 21.6. The van der Waals surface area contributed by atoms with Gasteiger partial charge in [-0.2, -0.15) is 0 Å². The average molecular weight is 515 g/mol. The molecular weight excluding hydrogens is 484 g/mol. The summed E-state index contributed by atoms with van der Waals surface area (Å²) in [6.07, 6.45) is 8.48. The summed E-state index contributed by atoms with van der Waals surface area (Å²) in [5.41, 5.74) is 13.1. The van der Waals surface area contributed by atoms with Gasteiger partial charge in [0, 0.05) is 23.8 Å². The monoisotopic (exact) mass is 514 g/mol. The number of aromatic nitrogens is 2. The number of carbonyl (C=O) groups excluding carboxylic acids is 1. The number of pyridine rings is 1. The van der Waals surface area contributed by atoms with Crippen molar-refractivity contribution >= 4 is 22.6 Å². The fourth-order valence-electron chi connectivity index (χ4n) is 5.92. The normalized spacial score (nSPS) is 17.0. The predicted octanol–water partition coefficient (Wildman–Crippen LogP) is 7.34. The van der Waals surface area contributed by atoms with Gasteiger partial charge >= 0.3 is 0 Å². The number of primary amides is 1. The second-order valence-corrected chi connectivity index (χ2v) is 10.6. The molecule has 3 aromatic carbocycles. The Morgan fingerprint density at radius 2 is 1.72 bits per heavy atom. The molecule has 1 atom stereocenters. The summed E-state index contributed by atoms with van der Waals surface area (Å²) in [6.45, 7) is 1.06. The molecule has 0 radical (unpaired) electrons. The molecule has 3 heterocycles. The van der Waals surface area contributed by atoms with E-state index in [1.54, 1.807) is 17.8 Å². The van der Waals surface area contributed by atoms with Gasteiger partial charge in [0.05, 0.1) is 17.8 Å². The first-order valence-corrected chi connectivity index (χ1v) is 13.6. The van der Waals surface area contributed by atoms with Crippen molar-refractivity contribution in [3.05, 3.63) is 108 Å². The Morgan fingerprint density at radius 3 is 2.51 bits per heavy atom. The van der Waals surface area contributed by atoms with Crippen molar-refractivity contribution in [2.75, 3.05) is 11.4 Å². The van der Waals surface area contributed by atoms with Crippen molar-refractivity contribution in [3.63, 3.8) is 0 Å². The van der Waals surface area contributed by atoms with E-state index < -0.39 is 5.91 Å². The lowest BCUT2D eigenvalue weighted by molar-refractivity contribution is 0.0998. The van der Waals surface area contributed by atoms with Gasteiger partial charge in [-0.3, -0.25) is 4.79 Å². The minimum Gasteiger partial charge on any atom is -0.455 e. The second kappa shape index (κ2) is 9.62. The number of hydrogen-bond acceptors (Lipinski definition) is 4. The Labute approximate surface area is 227 Å². The molecule has 0 unspecified atom stereocenters. The number of aromatic amines is 1. The number of hydrogen-bond donors (Lipinski definition) is 2. The molecular formula is C33H30N4O2. The molecule has 39 heavy (non-hydrogen) atoms. The minimum atomic E-state index is -0.533. The highest BCUT2D eigenvalue weighted by Gasteiger charge is 2.32. The van der Waals surface area contributed by atoms with E-state index in [0.29, 0.717) is 23.1 Å². The number of nitrogens with one attached hydrogen (secondary N) is 1. The first-order chi connectivity index (χ1) is 19.1. The van der Waals surface area contributed by atoms with E-state index in [0.717, 1.165) is 34.6 Å². The molecule has 0 spiro atoms. The Kier molecular flexibility index (Phi) is 5.81. The van der Waals surface area contributed by atoms with Gasteiger partial charge in [0.2, 0.25) is 0 Å². The quantitative estimate of drug-likeness (QED) is 0.238. The topological polar surface area (TPSA) is 84.2 Å². The number of benzene rings is 3. The fourth-order valence-corrected chi connectivity index (χ4v) is 5.92.